The van der Waals surface area contributed by atoms with Crippen LogP contribution in [0, 0.1) is 0 Å². The maximum Gasteiger partial charge on any atom is 0.420 e. The van der Waals surface area contributed by atoms with E-state index < -0.39 is 44.8 Å². The molecule has 15 aromatic rings. The van der Waals surface area contributed by atoms with Crippen molar-refractivity contribution in [3.63, 3.8) is 0 Å². The first kappa shape index (κ1) is 84.0. The van der Waals surface area contributed by atoms with Crippen molar-refractivity contribution in [3.8, 4) is 103 Å². The van der Waals surface area contributed by atoms with Gasteiger partial charge < -0.3 is 83.8 Å². The molecule has 0 bridgehead atoms. The van der Waals surface area contributed by atoms with Crippen LogP contribution in [-0.4, -0.2) is 8.42 Å². The van der Waals surface area contributed by atoms with E-state index in [2.05, 4.69) is 38.1 Å². The van der Waals surface area contributed by atoms with Crippen LogP contribution >= 0.6 is 0 Å². The van der Waals surface area contributed by atoms with Gasteiger partial charge in [-0.1, -0.05) is 74.5 Å². The molecule has 0 unspecified atom stereocenters. The van der Waals surface area contributed by atoms with E-state index in [9.17, 15) is 34.8 Å². The second kappa shape index (κ2) is 37.5. The topological polar surface area (TPSA) is 316 Å². The van der Waals surface area contributed by atoms with Gasteiger partial charge in [0.1, 0.15) is 103 Å². The molecular formula is C95H80F6N8O10S. The molecule has 0 fully saturated rings. The highest BCUT2D eigenvalue weighted by molar-refractivity contribution is 7.91. The van der Waals surface area contributed by atoms with Crippen molar-refractivity contribution in [1.82, 2.24) is 0 Å². The monoisotopic (exact) mass is 1640 g/mol. The van der Waals surface area contributed by atoms with Crippen molar-refractivity contribution in [2.75, 3.05) is 45.9 Å². The second-order valence-electron chi connectivity index (χ2n) is 27.4. The summed E-state index contributed by atoms with van der Waals surface area (Å²) in [6.45, 7) is 4.41. The number of nitrogens with two attached hydrogens (primary N) is 8. The van der Waals surface area contributed by atoms with Gasteiger partial charge in [-0.25, -0.2) is 8.42 Å². The maximum atomic E-state index is 13.1. The average Bonchev–Trinajstić information content (AvgIpc) is 0.802. The Morgan fingerprint density at radius 3 is 0.692 bits per heavy atom. The summed E-state index contributed by atoms with van der Waals surface area (Å²) in [6.07, 6.45) is -9.37. The molecule has 0 radical (unpaired) electrons. The molecule has 0 atom stereocenters. The number of nitrogen functional groups attached to an aromatic ring is 8. The van der Waals surface area contributed by atoms with Gasteiger partial charge in [-0.15, -0.1) is 0 Å². The van der Waals surface area contributed by atoms with E-state index in [0.717, 1.165) is 81.4 Å². The van der Waals surface area contributed by atoms with E-state index in [0.29, 0.717) is 57.1 Å². The quantitative estimate of drug-likeness (QED) is 0.0245. The SMILES string of the molecule is CC(C)(c1ccc(Oc2ccc(N)cc2)cc1)c1ccc(Oc2ccc(N)cc2)cc1.Nc1ccc(Oc2ccc(-c3ccc(Oc4ccc(N)cc4)cc3)cc2)cc1.Nc1ccc(Oc2ccc(Oc3ccc(N)cc3C(F)(F)F)cc2)c(C(F)(F)F)c1.Nc1cccc(Oc2ccc(S(=O)(=O)c3ccc(Oc4cccc(N)c4)cc3)cc2)c1. The van der Waals surface area contributed by atoms with Crippen LogP contribution in [0.15, 0.2) is 362 Å². The first-order valence-electron chi connectivity index (χ1n) is 36.9. The molecule has 15 rings (SSSR count). The van der Waals surface area contributed by atoms with Gasteiger partial charge in [-0.2, -0.15) is 26.3 Å². The van der Waals surface area contributed by atoms with Crippen LogP contribution in [0.4, 0.5) is 71.8 Å². The Morgan fingerprint density at radius 2 is 0.433 bits per heavy atom. The Labute approximate surface area is 688 Å². The minimum Gasteiger partial charge on any atom is -0.457 e. The van der Waals surface area contributed by atoms with E-state index in [1.807, 2.05) is 170 Å². The summed E-state index contributed by atoms with van der Waals surface area (Å²) < 4.78 is 150. The van der Waals surface area contributed by atoms with E-state index in [-0.39, 0.29) is 38.1 Å². The van der Waals surface area contributed by atoms with Crippen LogP contribution in [0.1, 0.15) is 36.1 Å². The van der Waals surface area contributed by atoms with Gasteiger partial charge in [0.2, 0.25) is 9.84 Å². The van der Waals surface area contributed by atoms with E-state index in [1.165, 1.54) is 71.8 Å². The fourth-order valence-corrected chi connectivity index (χ4v) is 12.9. The van der Waals surface area contributed by atoms with Gasteiger partial charge in [0, 0.05) is 63.0 Å². The maximum absolute atomic E-state index is 13.1. The third kappa shape index (κ3) is 23.4. The van der Waals surface area contributed by atoms with Gasteiger partial charge in [-0.3, -0.25) is 0 Å². The Bertz CT molecular complexity index is 5660. The Balaban J connectivity index is 0.000000147. The fourth-order valence-electron chi connectivity index (χ4n) is 11.6. The number of anilines is 8. The molecule has 0 spiro atoms. The lowest BCUT2D eigenvalue weighted by Gasteiger charge is -2.26. The predicted octanol–water partition coefficient (Wildman–Crippen LogP) is 24.6. The zero-order valence-corrected chi connectivity index (χ0v) is 65.2. The highest BCUT2D eigenvalue weighted by Crippen LogP contribution is 2.43. The van der Waals surface area contributed by atoms with Crippen LogP contribution in [0.3, 0.4) is 0 Å². The van der Waals surface area contributed by atoms with Crippen LogP contribution in [0.25, 0.3) is 11.1 Å². The number of alkyl halides is 6. The molecule has 0 heterocycles. The summed E-state index contributed by atoms with van der Waals surface area (Å²) in [4.78, 5) is 0.328. The largest absolute Gasteiger partial charge is 0.457 e. The van der Waals surface area contributed by atoms with Gasteiger partial charge in [0.25, 0.3) is 0 Å². The van der Waals surface area contributed by atoms with Crippen molar-refractivity contribution in [2.45, 2.75) is 41.4 Å². The number of sulfone groups is 1. The van der Waals surface area contributed by atoms with E-state index in [1.54, 1.807) is 72.8 Å². The summed E-state index contributed by atoms with van der Waals surface area (Å²) in [6, 6.07) is 99.4. The molecule has 0 saturated heterocycles. The number of hydrogen-bond acceptors (Lipinski definition) is 18. The molecule has 25 heteroatoms. The molecule has 0 aromatic heterocycles. The van der Waals surface area contributed by atoms with E-state index in [4.69, 9.17) is 83.8 Å². The third-order valence-electron chi connectivity index (χ3n) is 18.0. The number of halogens is 6. The van der Waals surface area contributed by atoms with Gasteiger partial charge in [0.05, 0.1) is 9.79 Å². The minimum atomic E-state index is -4.68. The normalized spacial score (nSPS) is 11.2. The van der Waals surface area contributed by atoms with Crippen molar-refractivity contribution >= 4 is 55.3 Å². The Hall–Kier alpha value is -15.4. The zero-order chi connectivity index (χ0) is 85.1. The minimum absolute atomic E-state index is 0.0194. The molecule has 0 aliphatic carbocycles. The molecule has 608 valence electrons. The highest BCUT2D eigenvalue weighted by Gasteiger charge is 2.36. The number of rotatable bonds is 21. The summed E-state index contributed by atoms with van der Waals surface area (Å²) in [5.74, 6) is 7.43. The van der Waals surface area contributed by atoms with Crippen LogP contribution < -0.4 is 83.8 Å². The summed E-state index contributed by atoms with van der Waals surface area (Å²) >= 11 is 0. The molecule has 18 nitrogen and oxygen atoms in total. The first-order valence-corrected chi connectivity index (χ1v) is 38.3. The third-order valence-corrected chi connectivity index (χ3v) is 19.8. The van der Waals surface area contributed by atoms with Crippen molar-refractivity contribution < 1.29 is 72.7 Å². The van der Waals surface area contributed by atoms with E-state index >= 15 is 0 Å². The summed E-state index contributed by atoms with van der Waals surface area (Å²) in [5.41, 5.74) is 51.3. The van der Waals surface area contributed by atoms with Crippen molar-refractivity contribution in [2.24, 2.45) is 0 Å². The number of benzene rings is 15. The molecular weight excluding hydrogens is 1560 g/mol. The molecule has 0 aliphatic heterocycles. The standard InChI is InChI=1S/C27H26N2O2.C24H20N2O4S.C24H20N2O2.C20H14F6N2O2/c1-27(2,19-3-11-23(12-4-19)30-25-15-7-21(28)8-16-25)20-5-13-24(14-6-20)31-26-17-9-22(29)10-18-26;25-17-3-1-5-21(15-17)29-19-7-11-23(12-8-19)31(27,28)24-13-9-20(10-14-24)30-22-6-2-4-18(26)16-22;25-19-5-13-23(14-6-19)27-21-9-1-17(2-10-21)18-3-11-22(12-4-18)28-24-15-7-20(26)8-16-24;21-19(22,23)15-9-11(27)1-7-17(15)29-13-3-5-14(6-4-13)30-18-8-2-12(28)10-16(18)20(24,25)26/h3-18H,28-29H2,1-2H3;1-16H,25-26H2;1-16H,25-26H2;1-10H,27-28H2. The van der Waals surface area contributed by atoms with Gasteiger partial charge in [-0.05, 0) is 301 Å². The lowest BCUT2D eigenvalue weighted by molar-refractivity contribution is -0.139. The summed E-state index contributed by atoms with van der Waals surface area (Å²) in [5, 5.41) is 0. The molecule has 0 amide bonds. The van der Waals surface area contributed by atoms with Gasteiger partial charge >= 0.3 is 12.4 Å². The lowest BCUT2D eigenvalue weighted by Crippen LogP contribution is -2.18. The number of hydrogen-bond donors (Lipinski definition) is 8. The zero-order valence-electron chi connectivity index (χ0n) is 64.4. The Kier molecular flexibility index (Phi) is 26.3. The molecule has 0 aliphatic rings. The fraction of sp³-hybridized carbons (Fsp3) is 0.0526. The molecule has 16 N–H and O–H groups in total. The molecule has 120 heavy (non-hydrogen) atoms. The van der Waals surface area contributed by atoms with Crippen molar-refractivity contribution in [3.05, 3.63) is 374 Å². The van der Waals surface area contributed by atoms with Crippen LogP contribution in [0.5, 0.6) is 92.0 Å². The van der Waals surface area contributed by atoms with Crippen LogP contribution in [0.2, 0.25) is 0 Å². The van der Waals surface area contributed by atoms with Gasteiger partial charge in [0.15, 0.2) is 0 Å². The van der Waals surface area contributed by atoms with Crippen LogP contribution in [-0.2, 0) is 27.6 Å². The second-order valence-corrected chi connectivity index (χ2v) is 29.3. The van der Waals surface area contributed by atoms with Crippen molar-refractivity contribution in [1.29, 1.82) is 0 Å². The predicted molar refractivity (Wildman–Crippen MR) is 459 cm³/mol. The first-order chi connectivity index (χ1) is 57.4. The number of ether oxygens (including phenoxy) is 8. The average molecular weight is 1640 g/mol. The summed E-state index contributed by atoms with van der Waals surface area (Å²) in [7, 11) is -3.68. The molecule has 0 saturated carbocycles. The highest BCUT2D eigenvalue weighted by atomic mass is 32.2. The lowest BCUT2D eigenvalue weighted by atomic mass is 9.78. The smallest absolute Gasteiger partial charge is 0.420 e. The molecule has 15 aromatic carbocycles. The Morgan fingerprint density at radius 1 is 0.225 bits per heavy atom.